The number of nitrogens with zero attached hydrogens (tertiary/aromatic N) is 1. The van der Waals surface area contributed by atoms with E-state index in [1.807, 2.05) is 12.1 Å². The second-order valence-corrected chi connectivity index (χ2v) is 4.90. The number of pyridine rings is 1. The molecule has 0 saturated heterocycles. The second kappa shape index (κ2) is 8.70. The van der Waals surface area contributed by atoms with Gasteiger partial charge in [-0.15, -0.1) is 0 Å². The third-order valence-electron chi connectivity index (χ3n) is 3.21. The number of amides is 2. The summed E-state index contributed by atoms with van der Waals surface area (Å²) in [6.07, 6.45) is 3.37. The Kier molecular flexibility index (Phi) is 6.31. The molecule has 0 spiro atoms. The summed E-state index contributed by atoms with van der Waals surface area (Å²) in [5, 5.41) is 8.45. The molecule has 122 valence electrons. The number of urea groups is 1. The van der Waals surface area contributed by atoms with Crippen LogP contribution in [0.2, 0.25) is 0 Å². The number of anilines is 1. The molecule has 1 aromatic heterocycles. The molecule has 7 heteroatoms. The zero-order valence-corrected chi connectivity index (χ0v) is 12.7. The maximum absolute atomic E-state index is 13.7. The van der Waals surface area contributed by atoms with Crippen molar-refractivity contribution in [1.29, 1.82) is 0 Å². The standard InChI is InChI=1S/C16H20FN5O/c17-15-9-12(10-18)1-2-13(15)11-22-16(23)21-8-7-20-14-3-5-19-6-4-14/h1-6,9H,7-8,10-11,18H2,(H,19,20)(H2,21,22,23). The van der Waals surface area contributed by atoms with Crippen LogP contribution < -0.4 is 21.7 Å². The minimum absolute atomic E-state index is 0.125. The fourth-order valence-corrected chi connectivity index (χ4v) is 1.95. The van der Waals surface area contributed by atoms with Gasteiger partial charge < -0.3 is 21.7 Å². The third-order valence-corrected chi connectivity index (χ3v) is 3.21. The second-order valence-electron chi connectivity index (χ2n) is 4.90. The fraction of sp³-hybridized carbons (Fsp3) is 0.250. The molecule has 0 aliphatic rings. The van der Waals surface area contributed by atoms with Crippen LogP contribution in [0.3, 0.4) is 0 Å². The number of nitrogens with one attached hydrogen (secondary N) is 3. The van der Waals surface area contributed by atoms with Crippen LogP contribution in [0.25, 0.3) is 0 Å². The van der Waals surface area contributed by atoms with E-state index in [2.05, 4.69) is 20.9 Å². The predicted molar refractivity (Wildman–Crippen MR) is 87.3 cm³/mol. The molecule has 6 nitrogen and oxygen atoms in total. The number of aromatic nitrogens is 1. The fourth-order valence-electron chi connectivity index (χ4n) is 1.95. The van der Waals surface area contributed by atoms with Crippen molar-refractivity contribution in [3.8, 4) is 0 Å². The Labute approximate surface area is 134 Å². The van der Waals surface area contributed by atoms with Gasteiger partial charge in [0.05, 0.1) is 0 Å². The number of carbonyl (C=O) groups excluding carboxylic acids is 1. The molecule has 1 heterocycles. The molecule has 0 fully saturated rings. The zero-order chi connectivity index (χ0) is 16.5. The Morgan fingerprint density at radius 3 is 2.61 bits per heavy atom. The molecule has 0 saturated carbocycles. The van der Waals surface area contributed by atoms with Crippen molar-refractivity contribution in [1.82, 2.24) is 15.6 Å². The van der Waals surface area contributed by atoms with Crippen molar-refractivity contribution in [2.75, 3.05) is 18.4 Å². The Bertz CT molecular complexity index is 636. The summed E-state index contributed by atoms with van der Waals surface area (Å²) in [5.74, 6) is -0.368. The molecule has 0 unspecified atom stereocenters. The molecule has 0 aliphatic heterocycles. The van der Waals surface area contributed by atoms with E-state index in [4.69, 9.17) is 5.73 Å². The number of hydrogen-bond acceptors (Lipinski definition) is 4. The lowest BCUT2D eigenvalue weighted by atomic mass is 10.1. The van der Waals surface area contributed by atoms with Gasteiger partial charge in [-0.25, -0.2) is 9.18 Å². The molecule has 0 aliphatic carbocycles. The summed E-state index contributed by atoms with van der Waals surface area (Å²) in [6, 6.07) is 8.10. The van der Waals surface area contributed by atoms with E-state index in [-0.39, 0.29) is 24.9 Å². The van der Waals surface area contributed by atoms with Crippen LogP contribution in [0.15, 0.2) is 42.7 Å². The first-order chi connectivity index (χ1) is 11.2. The maximum Gasteiger partial charge on any atom is 0.315 e. The van der Waals surface area contributed by atoms with E-state index in [1.165, 1.54) is 6.07 Å². The Hall–Kier alpha value is -2.67. The van der Waals surface area contributed by atoms with Gasteiger partial charge in [-0.05, 0) is 23.8 Å². The number of carbonyl (C=O) groups is 1. The predicted octanol–water partition coefficient (Wildman–Crippen LogP) is 1.59. The van der Waals surface area contributed by atoms with Crippen LogP contribution in [0.1, 0.15) is 11.1 Å². The molecule has 2 rings (SSSR count). The highest BCUT2D eigenvalue weighted by molar-refractivity contribution is 5.73. The topological polar surface area (TPSA) is 92.1 Å². The van der Waals surface area contributed by atoms with E-state index >= 15 is 0 Å². The molecule has 23 heavy (non-hydrogen) atoms. The first-order valence-electron chi connectivity index (χ1n) is 7.32. The van der Waals surface area contributed by atoms with Gasteiger partial charge in [-0.3, -0.25) is 4.98 Å². The summed E-state index contributed by atoms with van der Waals surface area (Å²) in [4.78, 5) is 15.6. The molecule has 2 aromatic rings. The van der Waals surface area contributed by atoms with Gasteiger partial charge in [-0.2, -0.15) is 0 Å². The lowest BCUT2D eigenvalue weighted by Gasteiger charge is -2.10. The van der Waals surface area contributed by atoms with Crippen molar-refractivity contribution in [3.63, 3.8) is 0 Å². The van der Waals surface area contributed by atoms with Crippen molar-refractivity contribution in [2.45, 2.75) is 13.1 Å². The molecule has 0 bridgehead atoms. The van der Waals surface area contributed by atoms with E-state index in [0.29, 0.717) is 18.7 Å². The van der Waals surface area contributed by atoms with E-state index in [0.717, 1.165) is 11.3 Å². The third kappa shape index (κ3) is 5.55. The van der Waals surface area contributed by atoms with Crippen LogP contribution in [0, 0.1) is 5.82 Å². The normalized spacial score (nSPS) is 10.2. The maximum atomic E-state index is 13.7. The summed E-state index contributed by atoms with van der Waals surface area (Å²) in [5.41, 5.74) is 7.52. The van der Waals surface area contributed by atoms with Gasteiger partial charge in [0.1, 0.15) is 5.82 Å². The highest BCUT2D eigenvalue weighted by Gasteiger charge is 2.05. The van der Waals surface area contributed by atoms with Crippen molar-refractivity contribution in [3.05, 3.63) is 59.7 Å². The summed E-state index contributed by atoms with van der Waals surface area (Å²) in [6.45, 7) is 1.44. The minimum atomic E-state index is -0.368. The first-order valence-corrected chi connectivity index (χ1v) is 7.32. The summed E-state index contributed by atoms with van der Waals surface area (Å²) >= 11 is 0. The first kappa shape index (κ1) is 16.7. The smallest absolute Gasteiger partial charge is 0.315 e. The van der Waals surface area contributed by atoms with Gasteiger partial charge in [0.25, 0.3) is 0 Å². The largest absolute Gasteiger partial charge is 0.383 e. The van der Waals surface area contributed by atoms with Gasteiger partial charge in [0.15, 0.2) is 0 Å². The van der Waals surface area contributed by atoms with Gasteiger partial charge in [0, 0.05) is 49.8 Å². The molecule has 5 N–H and O–H groups in total. The summed E-state index contributed by atoms with van der Waals surface area (Å²) < 4.78 is 13.7. The van der Waals surface area contributed by atoms with Crippen molar-refractivity contribution < 1.29 is 9.18 Å². The molecule has 2 amide bonds. The van der Waals surface area contributed by atoms with Crippen LogP contribution in [-0.4, -0.2) is 24.1 Å². The van der Waals surface area contributed by atoms with Gasteiger partial charge >= 0.3 is 6.03 Å². The summed E-state index contributed by atoms with van der Waals surface area (Å²) in [7, 11) is 0. The average Bonchev–Trinajstić information content (AvgIpc) is 2.58. The number of rotatable bonds is 7. The Morgan fingerprint density at radius 2 is 1.91 bits per heavy atom. The highest BCUT2D eigenvalue weighted by Crippen LogP contribution is 2.09. The molecule has 1 aromatic carbocycles. The van der Waals surface area contributed by atoms with Crippen LogP contribution in [0.4, 0.5) is 14.9 Å². The Balaban J connectivity index is 1.67. The van der Waals surface area contributed by atoms with Gasteiger partial charge in [0.2, 0.25) is 0 Å². The number of halogens is 1. The number of benzene rings is 1. The van der Waals surface area contributed by atoms with Crippen LogP contribution in [-0.2, 0) is 13.1 Å². The Morgan fingerprint density at radius 1 is 1.13 bits per heavy atom. The van der Waals surface area contributed by atoms with Crippen molar-refractivity contribution in [2.24, 2.45) is 5.73 Å². The van der Waals surface area contributed by atoms with Crippen LogP contribution in [0.5, 0.6) is 0 Å². The van der Waals surface area contributed by atoms with Crippen LogP contribution >= 0.6 is 0 Å². The van der Waals surface area contributed by atoms with Gasteiger partial charge in [-0.1, -0.05) is 12.1 Å². The SMILES string of the molecule is NCc1ccc(CNC(=O)NCCNc2ccncc2)c(F)c1. The zero-order valence-electron chi connectivity index (χ0n) is 12.7. The van der Waals surface area contributed by atoms with E-state index < -0.39 is 0 Å². The average molecular weight is 317 g/mol. The lowest BCUT2D eigenvalue weighted by Crippen LogP contribution is -2.37. The molecular weight excluding hydrogens is 297 g/mol. The quantitative estimate of drug-likeness (QED) is 0.584. The number of hydrogen-bond donors (Lipinski definition) is 4. The lowest BCUT2D eigenvalue weighted by molar-refractivity contribution is 0.241. The minimum Gasteiger partial charge on any atom is -0.383 e. The molecule has 0 radical (unpaired) electrons. The highest BCUT2D eigenvalue weighted by atomic mass is 19.1. The molecular formula is C16H20FN5O. The van der Waals surface area contributed by atoms with E-state index in [9.17, 15) is 9.18 Å². The molecule has 0 atom stereocenters. The monoisotopic (exact) mass is 317 g/mol. The number of nitrogens with two attached hydrogens (primary N) is 1. The van der Waals surface area contributed by atoms with E-state index in [1.54, 1.807) is 24.5 Å². The van der Waals surface area contributed by atoms with Crippen molar-refractivity contribution >= 4 is 11.7 Å².